The zero-order valence-electron chi connectivity index (χ0n) is 17.9. The lowest BCUT2D eigenvalue weighted by Crippen LogP contribution is -2.53. The fourth-order valence-corrected chi connectivity index (χ4v) is 3.93. The molecule has 32 heavy (non-hydrogen) atoms. The maximum atomic E-state index is 12.9. The molecule has 5 rings (SSSR count). The Balaban J connectivity index is 1.29. The summed E-state index contributed by atoms with van der Waals surface area (Å²) < 4.78 is 13.1. The van der Waals surface area contributed by atoms with E-state index in [2.05, 4.69) is 9.97 Å². The van der Waals surface area contributed by atoms with Gasteiger partial charge < -0.3 is 18.9 Å². The Morgan fingerprint density at radius 1 is 1.19 bits per heavy atom. The highest BCUT2D eigenvalue weighted by molar-refractivity contribution is 6.04. The molecule has 2 fully saturated rings. The van der Waals surface area contributed by atoms with Gasteiger partial charge in [0.15, 0.2) is 0 Å². The second-order valence-corrected chi connectivity index (χ2v) is 8.16. The summed E-state index contributed by atoms with van der Waals surface area (Å²) >= 11 is 0. The predicted octanol–water partition coefficient (Wildman–Crippen LogP) is 2.89. The number of anilines is 1. The van der Waals surface area contributed by atoms with Crippen LogP contribution in [0.15, 0.2) is 42.7 Å². The Labute approximate surface area is 185 Å². The predicted molar refractivity (Wildman–Crippen MR) is 117 cm³/mol. The smallest absolute Gasteiger partial charge is 0.410 e. The van der Waals surface area contributed by atoms with E-state index in [1.807, 2.05) is 42.1 Å². The van der Waals surface area contributed by atoms with Crippen LogP contribution >= 0.6 is 0 Å². The monoisotopic (exact) mass is 435 g/mol. The minimum absolute atomic E-state index is 0.00820. The van der Waals surface area contributed by atoms with E-state index >= 15 is 0 Å². The number of carbonyl (C=O) groups excluding carboxylic acids is 2. The van der Waals surface area contributed by atoms with Crippen molar-refractivity contribution >= 4 is 28.7 Å². The van der Waals surface area contributed by atoms with Crippen LogP contribution in [0.5, 0.6) is 5.88 Å². The molecule has 1 saturated carbocycles. The zero-order chi connectivity index (χ0) is 22.1. The number of rotatable bonds is 5. The van der Waals surface area contributed by atoms with Gasteiger partial charge in [0.1, 0.15) is 24.9 Å². The highest BCUT2D eigenvalue weighted by Gasteiger charge is 2.32. The molecule has 3 aromatic heterocycles. The lowest BCUT2D eigenvalue weighted by atomic mass is 9.96. The highest BCUT2D eigenvalue weighted by atomic mass is 16.6. The first-order chi connectivity index (χ1) is 15.6. The van der Waals surface area contributed by atoms with Gasteiger partial charge in [-0.3, -0.25) is 14.7 Å². The molecule has 2 amide bonds. The second-order valence-electron chi connectivity index (χ2n) is 8.16. The quantitative estimate of drug-likeness (QED) is 0.612. The van der Waals surface area contributed by atoms with Gasteiger partial charge >= 0.3 is 6.09 Å². The first kappa shape index (κ1) is 20.3. The lowest BCUT2D eigenvalue weighted by molar-refractivity contribution is -0.121. The topological polar surface area (TPSA) is 89.8 Å². The molecule has 3 aromatic rings. The van der Waals surface area contributed by atoms with Crippen molar-refractivity contribution in [3.8, 4) is 5.88 Å². The molecule has 0 atom stereocenters. The summed E-state index contributed by atoms with van der Waals surface area (Å²) in [6.45, 7) is 1.19. The van der Waals surface area contributed by atoms with Crippen LogP contribution in [0.25, 0.3) is 11.0 Å². The van der Waals surface area contributed by atoms with E-state index in [-0.39, 0.29) is 18.6 Å². The summed E-state index contributed by atoms with van der Waals surface area (Å²) in [5.41, 5.74) is 2.32. The molecule has 0 unspecified atom stereocenters. The SMILES string of the molecule is Cn1cc(N2CCN(C(=O)OC3CCC3)CC2=O)c2ccc(OCc3ccccn3)nc21. The summed E-state index contributed by atoms with van der Waals surface area (Å²) in [6, 6.07) is 9.38. The Kier molecular flexibility index (Phi) is 5.38. The molecule has 0 bridgehead atoms. The first-order valence-corrected chi connectivity index (χ1v) is 10.8. The van der Waals surface area contributed by atoms with Crippen molar-refractivity contribution in [2.75, 3.05) is 24.5 Å². The largest absolute Gasteiger partial charge is 0.471 e. The molecular weight excluding hydrogens is 410 g/mol. The van der Waals surface area contributed by atoms with E-state index < -0.39 is 6.09 Å². The van der Waals surface area contributed by atoms with Crippen LogP contribution in [0.3, 0.4) is 0 Å². The molecule has 1 aliphatic heterocycles. The zero-order valence-corrected chi connectivity index (χ0v) is 17.9. The average molecular weight is 435 g/mol. The molecule has 9 nitrogen and oxygen atoms in total. The normalized spacial score (nSPS) is 16.8. The number of fused-ring (bicyclic) bond motifs is 1. The van der Waals surface area contributed by atoms with Crippen molar-refractivity contribution in [3.05, 3.63) is 48.4 Å². The summed E-state index contributed by atoms with van der Waals surface area (Å²) in [4.78, 5) is 37.2. The summed E-state index contributed by atoms with van der Waals surface area (Å²) in [5, 5.41) is 0.858. The number of amides is 2. The number of piperazine rings is 1. The van der Waals surface area contributed by atoms with Crippen molar-refractivity contribution in [3.63, 3.8) is 0 Å². The van der Waals surface area contributed by atoms with Gasteiger partial charge in [-0.05, 0) is 37.5 Å². The molecule has 0 aromatic carbocycles. The highest BCUT2D eigenvalue weighted by Crippen LogP contribution is 2.31. The van der Waals surface area contributed by atoms with Crippen molar-refractivity contribution in [2.45, 2.75) is 32.0 Å². The molecule has 166 valence electrons. The maximum Gasteiger partial charge on any atom is 0.410 e. The van der Waals surface area contributed by atoms with Crippen LogP contribution in [0.1, 0.15) is 25.0 Å². The van der Waals surface area contributed by atoms with Crippen LogP contribution in [-0.2, 0) is 23.2 Å². The Bertz CT molecular complexity index is 1140. The van der Waals surface area contributed by atoms with E-state index in [0.717, 1.165) is 41.7 Å². The van der Waals surface area contributed by atoms with Gasteiger partial charge in [-0.25, -0.2) is 4.79 Å². The number of aryl methyl sites for hydroxylation is 1. The summed E-state index contributed by atoms with van der Waals surface area (Å²) in [6.07, 6.45) is 6.15. The van der Waals surface area contributed by atoms with Gasteiger partial charge in [0, 0.05) is 44.0 Å². The maximum absolute atomic E-state index is 12.9. The number of hydrogen-bond donors (Lipinski definition) is 0. The number of carbonyl (C=O) groups is 2. The molecule has 4 heterocycles. The van der Waals surface area contributed by atoms with Crippen LogP contribution in [0.2, 0.25) is 0 Å². The number of ether oxygens (including phenoxy) is 2. The molecule has 0 spiro atoms. The average Bonchev–Trinajstić information content (AvgIpc) is 3.11. The van der Waals surface area contributed by atoms with E-state index in [1.165, 1.54) is 4.90 Å². The summed E-state index contributed by atoms with van der Waals surface area (Å²) in [5.74, 6) is 0.357. The van der Waals surface area contributed by atoms with Gasteiger partial charge in [-0.1, -0.05) is 6.07 Å². The molecule has 1 saturated heterocycles. The first-order valence-electron chi connectivity index (χ1n) is 10.8. The standard InChI is InChI=1S/C23H25N5O4/c1-26-13-19(28-12-11-27(14-21(28)29)23(30)32-17-6-4-7-17)18-8-9-20(25-22(18)26)31-15-16-5-2-3-10-24-16/h2-3,5,8-10,13,17H,4,6-7,11-12,14-15H2,1H3. The van der Waals surface area contributed by atoms with Gasteiger partial charge in [0.05, 0.1) is 11.4 Å². The van der Waals surface area contributed by atoms with E-state index in [1.54, 1.807) is 17.2 Å². The molecule has 9 heteroatoms. The molecule has 0 N–H and O–H groups in total. The fraction of sp³-hybridized carbons (Fsp3) is 0.391. The third kappa shape index (κ3) is 3.98. The number of hydrogen-bond acceptors (Lipinski definition) is 6. The third-order valence-corrected chi connectivity index (χ3v) is 5.96. The van der Waals surface area contributed by atoms with Crippen molar-refractivity contribution in [1.82, 2.24) is 19.4 Å². The van der Waals surface area contributed by atoms with E-state index in [0.29, 0.717) is 25.6 Å². The second kappa shape index (κ2) is 8.49. The molecule has 2 aliphatic rings. The van der Waals surface area contributed by atoms with Crippen LogP contribution < -0.4 is 9.64 Å². The van der Waals surface area contributed by atoms with Crippen LogP contribution in [0, 0.1) is 0 Å². The Morgan fingerprint density at radius 2 is 2.06 bits per heavy atom. The van der Waals surface area contributed by atoms with Crippen molar-refractivity contribution < 1.29 is 19.1 Å². The lowest BCUT2D eigenvalue weighted by Gasteiger charge is -2.35. The van der Waals surface area contributed by atoms with Crippen LogP contribution in [0.4, 0.5) is 10.5 Å². The Morgan fingerprint density at radius 3 is 2.78 bits per heavy atom. The van der Waals surface area contributed by atoms with Crippen molar-refractivity contribution in [2.24, 2.45) is 7.05 Å². The molecular formula is C23H25N5O4. The summed E-state index contributed by atoms with van der Waals surface area (Å²) in [7, 11) is 1.89. The fourth-order valence-electron chi connectivity index (χ4n) is 3.93. The van der Waals surface area contributed by atoms with Crippen LogP contribution in [-0.4, -0.2) is 57.2 Å². The molecule has 1 aliphatic carbocycles. The van der Waals surface area contributed by atoms with Gasteiger partial charge in [0.2, 0.25) is 11.8 Å². The number of pyridine rings is 2. The van der Waals surface area contributed by atoms with Crippen molar-refractivity contribution in [1.29, 1.82) is 0 Å². The van der Waals surface area contributed by atoms with E-state index in [4.69, 9.17) is 9.47 Å². The Hall–Kier alpha value is -3.62. The molecule has 0 radical (unpaired) electrons. The van der Waals surface area contributed by atoms with Gasteiger partial charge in [-0.15, -0.1) is 0 Å². The van der Waals surface area contributed by atoms with Gasteiger partial charge in [-0.2, -0.15) is 4.98 Å². The number of aromatic nitrogens is 3. The third-order valence-electron chi connectivity index (χ3n) is 5.96. The van der Waals surface area contributed by atoms with E-state index in [9.17, 15) is 9.59 Å². The minimum Gasteiger partial charge on any atom is -0.471 e. The van der Waals surface area contributed by atoms with Gasteiger partial charge in [0.25, 0.3) is 0 Å². The number of nitrogens with zero attached hydrogens (tertiary/aromatic N) is 5. The minimum atomic E-state index is -0.392.